The smallest absolute Gasteiger partial charge is 0.250 e. The Balaban J connectivity index is 2.96. The summed E-state index contributed by atoms with van der Waals surface area (Å²) in [6, 6.07) is 6.38. The standard InChI is InChI=1S/C12H18I2OSi/c1-12(2,3)16(4,5)15-11-7-9(13)6-10(14)8-11/h6-8H,1-5H3. The number of hydrogen-bond acceptors (Lipinski definition) is 1. The number of hydrogen-bond donors (Lipinski definition) is 0. The summed E-state index contributed by atoms with van der Waals surface area (Å²) in [6.07, 6.45) is 0. The predicted octanol–water partition coefficient (Wildman–Crippen LogP) is 5.28. The summed E-state index contributed by atoms with van der Waals surface area (Å²) in [6.45, 7) is 11.3. The molecule has 1 nitrogen and oxygen atoms in total. The van der Waals surface area contributed by atoms with Gasteiger partial charge in [0.15, 0.2) is 0 Å². The minimum atomic E-state index is -1.70. The van der Waals surface area contributed by atoms with Gasteiger partial charge in [-0.15, -0.1) is 0 Å². The van der Waals surface area contributed by atoms with Gasteiger partial charge >= 0.3 is 0 Å². The molecule has 0 atom stereocenters. The second-order valence-electron chi connectivity index (χ2n) is 5.47. The van der Waals surface area contributed by atoms with Crippen molar-refractivity contribution in [2.45, 2.75) is 38.9 Å². The van der Waals surface area contributed by atoms with Crippen molar-refractivity contribution in [1.82, 2.24) is 0 Å². The van der Waals surface area contributed by atoms with Gasteiger partial charge in [-0.05, 0) is 81.5 Å². The van der Waals surface area contributed by atoms with Crippen molar-refractivity contribution in [2.24, 2.45) is 0 Å². The molecule has 1 aromatic rings. The van der Waals surface area contributed by atoms with Gasteiger partial charge in [-0.3, -0.25) is 0 Å². The average molecular weight is 460 g/mol. The van der Waals surface area contributed by atoms with E-state index >= 15 is 0 Å². The lowest BCUT2D eigenvalue weighted by Gasteiger charge is -2.36. The molecule has 0 amide bonds. The Morgan fingerprint density at radius 2 is 1.44 bits per heavy atom. The van der Waals surface area contributed by atoms with Crippen molar-refractivity contribution in [3.63, 3.8) is 0 Å². The predicted molar refractivity (Wildman–Crippen MR) is 89.7 cm³/mol. The normalized spacial score (nSPS) is 12.7. The summed E-state index contributed by atoms with van der Waals surface area (Å²) < 4.78 is 8.73. The Kier molecular flexibility index (Phi) is 4.74. The molecule has 1 aromatic carbocycles. The van der Waals surface area contributed by atoms with Crippen LogP contribution in [0.3, 0.4) is 0 Å². The van der Waals surface area contributed by atoms with Crippen molar-refractivity contribution in [2.75, 3.05) is 0 Å². The zero-order valence-electron chi connectivity index (χ0n) is 10.4. The SMILES string of the molecule is CC(C)(C)[Si](C)(C)Oc1cc(I)cc(I)c1. The van der Waals surface area contributed by atoms with Gasteiger partial charge in [-0.1, -0.05) is 20.8 Å². The van der Waals surface area contributed by atoms with E-state index < -0.39 is 8.32 Å². The molecule has 0 saturated heterocycles. The third-order valence-electron chi connectivity index (χ3n) is 3.02. The lowest BCUT2D eigenvalue weighted by molar-refractivity contribution is 0.491. The van der Waals surface area contributed by atoms with E-state index in [4.69, 9.17) is 4.43 Å². The van der Waals surface area contributed by atoms with Crippen LogP contribution in [-0.4, -0.2) is 8.32 Å². The summed E-state index contributed by atoms with van der Waals surface area (Å²) in [5.74, 6) is 1.02. The fourth-order valence-electron chi connectivity index (χ4n) is 1.04. The highest BCUT2D eigenvalue weighted by molar-refractivity contribution is 14.1. The average Bonchev–Trinajstić information content (AvgIpc) is 1.97. The van der Waals surface area contributed by atoms with Crippen molar-refractivity contribution < 1.29 is 4.43 Å². The number of halogens is 2. The van der Waals surface area contributed by atoms with E-state index in [2.05, 4.69) is 97.2 Å². The fourth-order valence-corrected chi connectivity index (χ4v) is 3.93. The minimum Gasteiger partial charge on any atom is -0.543 e. The molecule has 0 heterocycles. The van der Waals surface area contributed by atoms with Gasteiger partial charge in [0.2, 0.25) is 8.32 Å². The van der Waals surface area contributed by atoms with Crippen molar-refractivity contribution in [3.8, 4) is 5.75 Å². The zero-order chi connectivity index (χ0) is 12.6. The Labute approximate surface area is 127 Å². The molecule has 0 N–H and O–H groups in total. The van der Waals surface area contributed by atoms with Crippen LogP contribution in [0, 0.1) is 7.14 Å². The first-order valence-corrected chi connectivity index (χ1v) is 10.3. The summed E-state index contributed by atoms with van der Waals surface area (Å²) in [5.41, 5.74) is 0. The molecule has 4 heteroatoms. The lowest BCUT2D eigenvalue weighted by atomic mass is 10.2. The van der Waals surface area contributed by atoms with E-state index in [1.54, 1.807) is 0 Å². The van der Waals surface area contributed by atoms with E-state index in [0.717, 1.165) is 5.75 Å². The van der Waals surface area contributed by atoms with Crippen LogP contribution in [-0.2, 0) is 0 Å². The highest BCUT2D eigenvalue weighted by Gasteiger charge is 2.38. The van der Waals surface area contributed by atoms with Gasteiger partial charge in [0.05, 0.1) is 0 Å². The first kappa shape index (κ1) is 14.8. The van der Waals surface area contributed by atoms with Crippen LogP contribution in [0.15, 0.2) is 18.2 Å². The van der Waals surface area contributed by atoms with E-state index in [9.17, 15) is 0 Å². The third kappa shape index (κ3) is 3.87. The molecule has 0 bridgehead atoms. The lowest BCUT2D eigenvalue weighted by Crippen LogP contribution is -2.43. The monoisotopic (exact) mass is 460 g/mol. The molecule has 0 fully saturated rings. The van der Waals surface area contributed by atoms with Gasteiger partial charge in [0.25, 0.3) is 0 Å². The molecule has 1 rings (SSSR count). The Bertz CT molecular complexity index is 363. The number of benzene rings is 1. The highest BCUT2D eigenvalue weighted by atomic mass is 127. The van der Waals surface area contributed by atoms with Gasteiger partial charge < -0.3 is 4.43 Å². The first-order valence-electron chi connectivity index (χ1n) is 5.27. The van der Waals surface area contributed by atoms with Crippen LogP contribution in [0.1, 0.15) is 20.8 Å². The highest BCUT2D eigenvalue weighted by Crippen LogP contribution is 2.37. The first-order chi connectivity index (χ1) is 7.12. The zero-order valence-corrected chi connectivity index (χ0v) is 15.7. The second kappa shape index (κ2) is 5.13. The topological polar surface area (TPSA) is 9.23 Å². The molecule has 0 saturated carbocycles. The van der Waals surface area contributed by atoms with Crippen LogP contribution in [0.5, 0.6) is 5.75 Å². The van der Waals surface area contributed by atoms with Crippen molar-refractivity contribution >= 4 is 53.5 Å². The molecule has 0 spiro atoms. The molecular weight excluding hydrogens is 442 g/mol. The summed E-state index contributed by atoms with van der Waals surface area (Å²) in [4.78, 5) is 0. The molecule has 0 aliphatic heterocycles. The molecule has 0 aliphatic rings. The van der Waals surface area contributed by atoms with Crippen LogP contribution in [0.4, 0.5) is 0 Å². The van der Waals surface area contributed by atoms with Crippen LogP contribution in [0.2, 0.25) is 18.1 Å². The molecule has 90 valence electrons. The van der Waals surface area contributed by atoms with Gasteiger partial charge in [-0.25, -0.2) is 0 Å². The summed E-state index contributed by atoms with van der Waals surface area (Å²) in [7, 11) is -1.70. The maximum Gasteiger partial charge on any atom is 0.250 e. The molecule has 0 radical (unpaired) electrons. The van der Waals surface area contributed by atoms with E-state index in [0.29, 0.717) is 0 Å². The van der Waals surface area contributed by atoms with Crippen LogP contribution < -0.4 is 4.43 Å². The second-order valence-corrected chi connectivity index (χ2v) is 12.7. The van der Waals surface area contributed by atoms with E-state index in [1.807, 2.05) is 0 Å². The molecule has 0 aliphatic carbocycles. The molecule has 16 heavy (non-hydrogen) atoms. The van der Waals surface area contributed by atoms with E-state index in [1.165, 1.54) is 7.14 Å². The Morgan fingerprint density at radius 1 is 1.00 bits per heavy atom. The molecule has 0 aromatic heterocycles. The number of rotatable bonds is 2. The summed E-state index contributed by atoms with van der Waals surface area (Å²) in [5, 5.41) is 0.250. The molecular formula is C12H18I2OSi. The molecule has 0 unspecified atom stereocenters. The van der Waals surface area contributed by atoms with Crippen LogP contribution in [0.25, 0.3) is 0 Å². The third-order valence-corrected chi connectivity index (χ3v) is 8.62. The maximum atomic E-state index is 6.26. The maximum absolute atomic E-state index is 6.26. The fraction of sp³-hybridized carbons (Fsp3) is 0.500. The minimum absolute atomic E-state index is 0.250. The quantitative estimate of drug-likeness (QED) is 0.431. The van der Waals surface area contributed by atoms with Crippen molar-refractivity contribution in [1.29, 1.82) is 0 Å². The van der Waals surface area contributed by atoms with Gasteiger partial charge in [-0.2, -0.15) is 0 Å². The largest absolute Gasteiger partial charge is 0.543 e. The Morgan fingerprint density at radius 3 is 1.81 bits per heavy atom. The van der Waals surface area contributed by atoms with Crippen LogP contribution >= 0.6 is 45.2 Å². The van der Waals surface area contributed by atoms with Crippen molar-refractivity contribution in [3.05, 3.63) is 25.3 Å². The van der Waals surface area contributed by atoms with Gasteiger partial charge in [0.1, 0.15) is 5.75 Å². The summed E-state index contributed by atoms with van der Waals surface area (Å²) >= 11 is 4.67. The van der Waals surface area contributed by atoms with E-state index in [-0.39, 0.29) is 5.04 Å². The van der Waals surface area contributed by atoms with Gasteiger partial charge in [0, 0.05) is 7.14 Å². The Hall–Kier alpha value is 0.697.